The average Bonchev–Trinajstić information content (AvgIpc) is 2.77. The summed E-state index contributed by atoms with van der Waals surface area (Å²) in [5.74, 6) is -0.610. The van der Waals surface area contributed by atoms with Gasteiger partial charge in [-0.3, -0.25) is 9.36 Å². The number of carbonyl (C=O) groups is 1. The van der Waals surface area contributed by atoms with Crippen LogP contribution in [-0.2, 0) is 7.05 Å². The normalized spacial score (nSPS) is 11.1. The first-order chi connectivity index (χ1) is 10.4. The minimum Gasteiger partial charge on any atom is -0.408 e. The SMILES string of the molecule is Cc1c(C(=O)c2ccc3oc(=O)n(C)c3c2C)ccnc1Cl. The third-order valence-corrected chi connectivity index (χ3v) is 4.21. The van der Waals surface area contributed by atoms with Crippen LogP contribution in [0, 0.1) is 13.8 Å². The van der Waals surface area contributed by atoms with Crippen molar-refractivity contribution in [2.24, 2.45) is 7.05 Å². The number of rotatable bonds is 2. The van der Waals surface area contributed by atoms with E-state index in [1.807, 2.05) is 0 Å². The van der Waals surface area contributed by atoms with Crippen LogP contribution in [0.3, 0.4) is 0 Å². The number of aryl methyl sites for hydroxylation is 2. The number of aromatic nitrogens is 2. The van der Waals surface area contributed by atoms with Gasteiger partial charge in [-0.2, -0.15) is 0 Å². The maximum atomic E-state index is 12.8. The molecule has 0 atom stereocenters. The van der Waals surface area contributed by atoms with Crippen LogP contribution in [0.15, 0.2) is 33.6 Å². The van der Waals surface area contributed by atoms with Crippen molar-refractivity contribution in [1.82, 2.24) is 9.55 Å². The van der Waals surface area contributed by atoms with Crippen LogP contribution in [-0.4, -0.2) is 15.3 Å². The molecule has 0 bridgehead atoms. The molecule has 3 rings (SSSR count). The predicted molar refractivity (Wildman–Crippen MR) is 83.6 cm³/mol. The van der Waals surface area contributed by atoms with Gasteiger partial charge < -0.3 is 4.42 Å². The minimum atomic E-state index is -0.453. The number of fused-ring (bicyclic) bond motifs is 1. The fraction of sp³-hybridized carbons (Fsp3) is 0.188. The van der Waals surface area contributed by atoms with Crippen LogP contribution in [0.5, 0.6) is 0 Å². The second-order valence-corrected chi connectivity index (χ2v) is 5.47. The smallest absolute Gasteiger partial charge is 0.408 e. The zero-order valence-electron chi connectivity index (χ0n) is 12.3. The van der Waals surface area contributed by atoms with Gasteiger partial charge in [0.15, 0.2) is 11.4 Å². The highest BCUT2D eigenvalue weighted by Crippen LogP contribution is 2.25. The Kier molecular flexibility index (Phi) is 3.37. The molecule has 0 aliphatic rings. The Morgan fingerprint density at radius 2 is 1.86 bits per heavy atom. The summed E-state index contributed by atoms with van der Waals surface area (Å²) in [6.07, 6.45) is 1.50. The predicted octanol–water partition coefficient (Wildman–Crippen LogP) is 3.03. The van der Waals surface area contributed by atoms with Gasteiger partial charge in [-0.15, -0.1) is 0 Å². The lowest BCUT2D eigenvalue weighted by atomic mass is 9.96. The van der Waals surface area contributed by atoms with E-state index in [-0.39, 0.29) is 5.78 Å². The van der Waals surface area contributed by atoms with Crippen LogP contribution in [0.2, 0.25) is 5.15 Å². The Labute approximate surface area is 131 Å². The van der Waals surface area contributed by atoms with E-state index in [9.17, 15) is 9.59 Å². The van der Waals surface area contributed by atoms with E-state index >= 15 is 0 Å². The number of halogens is 1. The highest BCUT2D eigenvalue weighted by molar-refractivity contribution is 6.31. The number of oxazole rings is 1. The number of benzene rings is 1. The van der Waals surface area contributed by atoms with Crippen LogP contribution in [0.4, 0.5) is 0 Å². The molecule has 112 valence electrons. The highest BCUT2D eigenvalue weighted by Gasteiger charge is 2.19. The lowest BCUT2D eigenvalue weighted by Crippen LogP contribution is -2.11. The van der Waals surface area contributed by atoms with E-state index in [1.54, 1.807) is 39.1 Å². The van der Waals surface area contributed by atoms with Gasteiger partial charge in [-0.25, -0.2) is 9.78 Å². The van der Waals surface area contributed by atoms with Crippen molar-refractivity contribution >= 4 is 28.5 Å². The number of pyridine rings is 1. The molecule has 0 N–H and O–H groups in total. The molecule has 2 aromatic heterocycles. The van der Waals surface area contributed by atoms with Crippen molar-refractivity contribution in [1.29, 1.82) is 0 Å². The van der Waals surface area contributed by atoms with Gasteiger partial charge in [0.1, 0.15) is 5.15 Å². The van der Waals surface area contributed by atoms with E-state index in [0.29, 0.717) is 38.5 Å². The summed E-state index contributed by atoms with van der Waals surface area (Å²) in [4.78, 5) is 28.4. The monoisotopic (exact) mass is 316 g/mol. The molecule has 22 heavy (non-hydrogen) atoms. The first-order valence-electron chi connectivity index (χ1n) is 6.66. The quantitative estimate of drug-likeness (QED) is 0.538. The topological polar surface area (TPSA) is 65.1 Å². The number of hydrogen-bond acceptors (Lipinski definition) is 4. The zero-order chi connectivity index (χ0) is 16.0. The Hall–Kier alpha value is -2.40. The molecule has 0 fully saturated rings. The second kappa shape index (κ2) is 5.10. The number of carbonyl (C=O) groups excluding carboxylic acids is 1. The number of nitrogens with zero attached hydrogens (tertiary/aromatic N) is 2. The molecule has 5 nitrogen and oxygen atoms in total. The van der Waals surface area contributed by atoms with Crippen molar-refractivity contribution < 1.29 is 9.21 Å². The second-order valence-electron chi connectivity index (χ2n) is 5.12. The number of ketones is 1. The first-order valence-corrected chi connectivity index (χ1v) is 7.04. The summed E-state index contributed by atoms with van der Waals surface area (Å²) in [5.41, 5.74) is 3.42. The summed E-state index contributed by atoms with van der Waals surface area (Å²) in [5, 5.41) is 0.306. The van der Waals surface area contributed by atoms with Gasteiger partial charge in [0.25, 0.3) is 0 Å². The Bertz CT molecular complexity index is 969. The Morgan fingerprint density at radius 3 is 2.59 bits per heavy atom. The summed E-state index contributed by atoms with van der Waals surface area (Å²) >= 11 is 5.98. The highest BCUT2D eigenvalue weighted by atomic mass is 35.5. The van der Waals surface area contributed by atoms with Gasteiger partial charge >= 0.3 is 5.76 Å². The van der Waals surface area contributed by atoms with Crippen molar-refractivity contribution in [3.63, 3.8) is 0 Å². The molecule has 0 aliphatic heterocycles. The van der Waals surface area contributed by atoms with Gasteiger partial charge in [-0.1, -0.05) is 11.6 Å². The third kappa shape index (κ3) is 2.05. The van der Waals surface area contributed by atoms with E-state index in [2.05, 4.69) is 4.98 Å². The molecule has 0 amide bonds. The fourth-order valence-electron chi connectivity index (χ4n) is 2.58. The van der Waals surface area contributed by atoms with Crippen molar-refractivity contribution in [3.05, 3.63) is 62.4 Å². The summed E-state index contributed by atoms with van der Waals surface area (Å²) in [6, 6.07) is 4.94. The van der Waals surface area contributed by atoms with Crippen LogP contribution in [0.25, 0.3) is 11.1 Å². The molecule has 1 aromatic carbocycles. The maximum Gasteiger partial charge on any atom is 0.419 e. The van der Waals surface area contributed by atoms with Gasteiger partial charge in [-0.05, 0) is 43.2 Å². The van der Waals surface area contributed by atoms with E-state index in [1.165, 1.54) is 10.8 Å². The molecular formula is C16H13ClN2O3. The molecule has 0 unspecified atom stereocenters. The third-order valence-electron chi connectivity index (χ3n) is 3.83. The maximum absolute atomic E-state index is 12.8. The van der Waals surface area contributed by atoms with Crippen LogP contribution >= 0.6 is 11.6 Å². The van der Waals surface area contributed by atoms with E-state index in [0.717, 1.165) is 0 Å². The average molecular weight is 317 g/mol. The van der Waals surface area contributed by atoms with Gasteiger partial charge in [0.05, 0.1) is 5.52 Å². The molecule has 2 heterocycles. The molecule has 0 aliphatic carbocycles. The van der Waals surface area contributed by atoms with E-state index < -0.39 is 5.76 Å². The molecule has 0 saturated heterocycles. The van der Waals surface area contributed by atoms with Gasteiger partial charge in [0, 0.05) is 24.4 Å². The summed E-state index contributed by atoms with van der Waals surface area (Å²) in [6.45, 7) is 3.55. The lowest BCUT2D eigenvalue weighted by molar-refractivity contribution is 0.103. The Morgan fingerprint density at radius 1 is 1.18 bits per heavy atom. The molecule has 3 aromatic rings. The molecule has 0 saturated carbocycles. The lowest BCUT2D eigenvalue weighted by Gasteiger charge is -2.09. The summed E-state index contributed by atoms with van der Waals surface area (Å²) < 4.78 is 6.52. The van der Waals surface area contributed by atoms with Crippen molar-refractivity contribution in [2.45, 2.75) is 13.8 Å². The van der Waals surface area contributed by atoms with Crippen LogP contribution < -0.4 is 5.76 Å². The molecule has 0 radical (unpaired) electrons. The standard InChI is InChI=1S/C16H13ClN2O3/c1-8-10(4-5-12-13(8)19(3)16(21)22-12)14(20)11-6-7-18-15(17)9(11)2/h4-7H,1-3H3. The van der Waals surface area contributed by atoms with Crippen molar-refractivity contribution in [2.75, 3.05) is 0 Å². The molecule has 0 spiro atoms. The van der Waals surface area contributed by atoms with Crippen LogP contribution in [0.1, 0.15) is 27.0 Å². The fourth-order valence-corrected chi connectivity index (χ4v) is 2.73. The number of hydrogen-bond donors (Lipinski definition) is 0. The van der Waals surface area contributed by atoms with Gasteiger partial charge in [0.2, 0.25) is 0 Å². The van der Waals surface area contributed by atoms with Crippen molar-refractivity contribution in [3.8, 4) is 0 Å². The minimum absolute atomic E-state index is 0.158. The Balaban J connectivity index is 2.24. The summed E-state index contributed by atoms with van der Waals surface area (Å²) in [7, 11) is 1.62. The first kappa shape index (κ1) is 14.5. The van der Waals surface area contributed by atoms with E-state index in [4.69, 9.17) is 16.0 Å². The zero-order valence-corrected chi connectivity index (χ0v) is 13.1. The molecule has 6 heteroatoms. The molecular weight excluding hydrogens is 304 g/mol. The largest absolute Gasteiger partial charge is 0.419 e.